The maximum atomic E-state index is 12.2. The van der Waals surface area contributed by atoms with Crippen molar-refractivity contribution in [1.29, 1.82) is 0 Å². The lowest BCUT2D eigenvalue weighted by Crippen LogP contribution is -2.24. The summed E-state index contributed by atoms with van der Waals surface area (Å²) in [5, 5.41) is 13.4. The minimum Gasteiger partial charge on any atom is -0.484 e. The third-order valence-electron chi connectivity index (χ3n) is 3.16. The van der Waals surface area contributed by atoms with E-state index in [0.717, 1.165) is 0 Å². The summed E-state index contributed by atoms with van der Waals surface area (Å²) in [6.07, 6.45) is -4.44. The fraction of sp³-hybridized carbons (Fsp3) is 0.188. The Morgan fingerprint density at radius 1 is 1.23 bits per heavy atom. The van der Waals surface area contributed by atoms with E-state index in [4.69, 9.17) is 0 Å². The zero-order valence-electron chi connectivity index (χ0n) is 13.0. The van der Waals surface area contributed by atoms with Crippen LogP contribution in [0.5, 0.6) is 5.75 Å². The molecule has 0 aliphatic rings. The second-order valence-corrected chi connectivity index (χ2v) is 6.32. The Morgan fingerprint density at radius 2 is 1.96 bits per heavy atom. The molecule has 0 saturated carbocycles. The topological polar surface area (TPSA) is 81.5 Å². The monoisotopic (exact) mass is 480 g/mol. The molecule has 138 valence electrons. The van der Waals surface area contributed by atoms with Crippen molar-refractivity contribution in [2.75, 3.05) is 6.61 Å². The van der Waals surface area contributed by atoms with Gasteiger partial charge < -0.3 is 10.1 Å². The number of amides is 1. The Labute approximate surface area is 159 Å². The summed E-state index contributed by atoms with van der Waals surface area (Å²) in [5.41, 5.74) is 0.459. The van der Waals surface area contributed by atoms with E-state index in [0.29, 0.717) is 9.13 Å². The molecule has 26 heavy (non-hydrogen) atoms. The van der Waals surface area contributed by atoms with Crippen LogP contribution >= 0.6 is 22.6 Å². The van der Waals surface area contributed by atoms with Gasteiger partial charge in [-0.15, -0.1) is 0 Å². The molecule has 2 aromatic carbocycles. The van der Waals surface area contributed by atoms with Gasteiger partial charge in [0.2, 0.25) is 0 Å². The third kappa shape index (κ3) is 5.86. The molecule has 0 aliphatic heterocycles. The first-order valence-corrected chi connectivity index (χ1v) is 8.24. The number of nitrogens with one attached hydrogen (secondary N) is 1. The number of alkyl halides is 3. The SMILES string of the molecule is O=C(NCc1cccc(OCC(F)(F)F)c1)c1cc([N+](=O)[O-])ccc1I. The zero-order chi connectivity index (χ0) is 19.3. The van der Waals surface area contributed by atoms with Crippen molar-refractivity contribution < 1.29 is 27.6 Å². The van der Waals surface area contributed by atoms with Crippen molar-refractivity contribution in [3.63, 3.8) is 0 Å². The van der Waals surface area contributed by atoms with Gasteiger partial charge in [0.25, 0.3) is 11.6 Å². The van der Waals surface area contributed by atoms with E-state index < -0.39 is 23.6 Å². The van der Waals surface area contributed by atoms with Crippen LogP contribution in [0.3, 0.4) is 0 Å². The summed E-state index contributed by atoms with van der Waals surface area (Å²) < 4.78 is 41.7. The van der Waals surface area contributed by atoms with E-state index in [2.05, 4.69) is 10.1 Å². The maximum absolute atomic E-state index is 12.2. The molecule has 0 fully saturated rings. The highest BCUT2D eigenvalue weighted by Gasteiger charge is 2.28. The molecule has 0 spiro atoms. The summed E-state index contributed by atoms with van der Waals surface area (Å²) in [7, 11) is 0. The number of benzene rings is 2. The van der Waals surface area contributed by atoms with Gasteiger partial charge in [0.1, 0.15) is 5.75 Å². The predicted octanol–water partition coefficient (Wildman–Crippen LogP) is 4.07. The number of halogens is 4. The summed E-state index contributed by atoms with van der Waals surface area (Å²) >= 11 is 1.88. The quantitative estimate of drug-likeness (QED) is 0.384. The largest absolute Gasteiger partial charge is 0.484 e. The van der Waals surface area contributed by atoms with E-state index in [-0.39, 0.29) is 23.5 Å². The Bertz CT molecular complexity index is 827. The molecule has 2 rings (SSSR count). The van der Waals surface area contributed by atoms with Crippen LogP contribution < -0.4 is 10.1 Å². The lowest BCUT2D eigenvalue weighted by atomic mass is 10.1. The Hall–Kier alpha value is -2.37. The fourth-order valence-electron chi connectivity index (χ4n) is 1.99. The van der Waals surface area contributed by atoms with Crippen LogP contribution in [0.2, 0.25) is 0 Å². The molecule has 0 aliphatic carbocycles. The minimum absolute atomic E-state index is 0.0269. The number of nitrogens with zero attached hydrogens (tertiary/aromatic N) is 1. The second kappa shape index (κ2) is 8.34. The third-order valence-corrected chi connectivity index (χ3v) is 4.10. The number of nitro groups is 1. The molecule has 1 amide bonds. The number of hydrogen-bond donors (Lipinski definition) is 1. The molecule has 1 N–H and O–H groups in total. The van der Waals surface area contributed by atoms with Gasteiger partial charge in [-0.3, -0.25) is 14.9 Å². The van der Waals surface area contributed by atoms with Crippen molar-refractivity contribution in [1.82, 2.24) is 5.32 Å². The Morgan fingerprint density at radius 3 is 2.62 bits per heavy atom. The number of rotatable bonds is 6. The van der Waals surface area contributed by atoms with Crippen LogP contribution in [-0.2, 0) is 6.54 Å². The van der Waals surface area contributed by atoms with E-state index in [1.807, 2.05) is 22.6 Å². The summed E-state index contributed by atoms with van der Waals surface area (Å²) in [4.78, 5) is 22.4. The number of carbonyl (C=O) groups is 1. The first-order chi connectivity index (χ1) is 12.2. The molecule has 0 heterocycles. The molecule has 0 bridgehead atoms. The number of carbonyl (C=O) groups excluding carboxylic acids is 1. The molecule has 0 unspecified atom stereocenters. The van der Waals surface area contributed by atoms with Gasteiger partial charge in [-0.2, -0.15) is 13.2 Å². The van der Waals surface area contributed by atoms with Crippen LogP contribution in [0.4, 0.5) is 18.9 Å². The van der Waals surface area contributed by atoms with E-state index in [1.54, 1.807) is 6.07 Å². The molecule has 0 radical (unpaired) electrons. The van der Waals surface area contributed by atoms with Gasteiger partial charge in [-0.25, -0.2) is 0 Å². The van der Waals surface area contributed by atoms with Crippen molar-refractivity contribution in [2.24, 2.45) is 0 Å². The van der Waals surface area contributed by atoms with Gasteiger partial charge in [0.15, 0.2) is 6.61 Å². The van der Waals surface area contributed by atoms with Crippen molar-refractivity contribution >= 4 is 34.2 Å². The van der Waals surface area contributed by atoms with Crippen molar-refractivity contribution in [3.8, 4) is 5.75 Å². The number of hydrogen-bond acceptors (Lipinski definition) is 4. The fourth-order valence-corrected chi connectivity index (χ4v) is 2.57. The first-order valence-electron chi connectivity index (χ1n) is 7.16. The molecule has 10 heteroatoms. The average Bonchev–Trinajstić information content (AvgIpc) is 2.58. The predicted molar refractivity (Wildman–Crippen MR) is 95.0 cm³/mol. The molecule has 0 aromatic heterocycles. The molecular weight excluding hydrogens is 468 g/mol. The molecule has 0 saturated heterocycles. The molecule has 6 nitrogen and oxygen atoms in total. The van der Waals surface area contributed by atoms with Gasteiger partial charge in [-0.05, 0) is 46.4 Å². The standard InChI is InChI=1S/C16H12F3IN2O4/c17-16(18,19)9-26-12-3-1-2-10(6-12)8-21-15(23)13-7-11(22(24)25)4-5-14(13)20/h1-7H,8-9H2,(H,21,23). The zero-order valence-corrected chi connectivity index (χ0v) is 15.2. The van der Waals surface area contributed by atoms with Crippen molar-refractivity contribution in [3.05, 3.63) is 67.3 Å². The van der Waals surface area contributed by atoms with E-state index >= 15 is 0 Å². The van der Waals surface area contributed by atoms with Crippen LogP contribution in [0, 0.1) is 13.7 Å². The summed E-state index contributed by atoms with van der Waals surface area (Å²) in [5.74, 6) is -0.501. The van der Waals surface area contributed by atoms with Crippen molar-refractivity contribution in [2.45, 2.75) is 12.7 Å². The van der Waals surface area contributed by atoms with Gasteiger partial charge in [0, 0.05) is 22.2 Å². The smallest absolute Gasteiger partial charge is 0.422 e. The van der Waals surface area contributed by atoms with Gasteiger partial charge in [-0.1, -0.05) is 12.1 Å². The van der Waals surface area contributed by atoms with Crippen LogP contribution in [-0.4, -0.2) is 23.6 Å². The van der Waals surface area contributed by atoms with E-state index in [1.165, 1.54) is 36.4 Å². The number of ether oxygens (including phenoxy) is 1. The second-order valence-electron chi connectivity index (χ2n) is 5.16. The normalized spacial score (nSPS) is 11.1. The first kappa shape index (κ1) is 19.9. The Balaban J connectivity index is 2.04. The highest BCUT2D eigenvalue weighted by molar-refractivity contribution is 14.1. The lowest BCUT2D eigenvalue weighted by molar-refractivity contribution is -0.384. The highest BCUT2D eigenvalue weighted by atomic mass is 127. The highest BCUT2D eigenvalue weighted by Crippen LogP contribution is 2.21. The van der Waals surface area contributed by atoms with Crippen LogP contribution in [0.25, 0.3) is 0 Å². The molecule has 2 aromatic rings. The average molecular weight is 480 g/mol. The number of non-ortho nitro benzene ring substituents is 1. The number of nitro benzene ring substituents is 1. The maximum Gasteiger partial charge on any atom is 0.422 e. The van der Waals surface area contributed by atoms with Crippen LogP contribution in [0.15, 0.2) is 42.5 Å². The van der Waals surface area contributed by atoms with Gasteiger partial charge in [0.05, 0.1) is 10.5 Å². The molecular formula is C16H12F3IN2O4. The minimum atomic E-state index is -4.44. The summed E-state index contributed by atoms with van der Waals surface area (Å²) in [6, 6.07) is 9.79. The van der Waals surface area contributed by atoms with Crippen LogP contribution in [0.1, 0.15) is 15.9 Å². The van der Waals surface area contributed by atoms with E-state index in [9.17, 15) is 28.1 Å². The Kier molecular flexibility index (Phi) is 6.40. The summed E-state index contributed by atoms with van der Waals surface area (Å²) in [6.45, 7) is -1.38. The van der Waals surface area contributed by atoms with Gasteiger partial charge >= 0.3 is 6.18 Å². The molecule has 0 atom stereocenters. The lowest BCUT2D eigenvalue weighted by Gasteiger charge is -2.11.